The molecular weight excluding hydrogens is 522 g/mol. The zero-order chi connectivity index (χ0) is 25.0. The molecule has 0 bridgehead atoms. The molecule has 3 aliphatic heterocycles. The van der Waals surface area contributed by atoms with Crippen molar-refractivity contribution < 1.29 is 36.9 Å². The van der Waals surface area contributed by atoms with Crippen molar-refractivity contribution in [1.82, 2.24) is 0 Å². The summed E-state index contributed by atoms with van der Waals surface area (Å²) in [6.45, 7) is 12.6. The lowest BCUT2D eigenvalue weighted by atomic mass is 10.00. The Morgan fingerprint density at radius 1 is 0.909 bits per heavy atom. The molecule has 10 atom stereocenters. The van der Waals surface area contributed by atoms with Crippen LogP contribution in [0.5, 0.6) is 0 Å². The summed E-state index contributed by atoms with van der Waals surface area (Å²) in [6.07, 6.45) is -2.68. The Hall–Kier alpha value is 1.20. The summed E-state index contributed by atoms with van der Waals surface area (Å²) in [5.74, 6) is 0.0859. The fourth-order valence-electron chi connectivity index (χ4n) is 4.04. The van der Waals surface area contributed by atoms with E-state index in [1.807, 2.05) is 27.4 Å². The highest BCUT2D eigenvalue weighted by atomic mass is 32.5. The molecule has 13 heteroatoms. The van der Waals surface area contributed by atoms with Gasteiger partial charge >= 0.3 is 6.72 Å². The van der Waals surface area contributed by atoms with Crippen LogP contribution in [0, 0.1) is 5.92 Å². The maximum absolute atomic E-state index is 11.0. The first-order chi connectivity index (χ1) is 14.9. The fraction of sp³-hybridized carbons (Fsp3) is 1.00. The van der Waals surface area contributed by atoms with Gasteiger partial charge in [-0.05, 0) is 55.6 Å². The van der Waals surface area contributed by atoms with E-state index in [2.05, 4.69) is 33.9 Å². The highest BCUT2D eigenvalue weighted by Crippen LogP contribution is 2.54. The van der Waals surface area contributed by atoms with Crippen LogP contribution < -0.4 is 0 Å². The molecule has 33 heavy (non-hydrogen) atoms. The van der Waals surface area contributed by atoms with Crippen LogP contribution in [0.4, 0.5) is 0 Å². The van der Waals surface area contributed by atoms with Crippen LogP contribution in [0.3, 0.4) is 0 Å². The average molecular weight is 563 g/mol. The molecule has 194 valence electrons. The van der Waals surface area contributed by atoms with Crippen molar-refractivity contribution in [3.63, 3.8) is 0 Å². The molecule has 3 saturated heterocycles. The molecular formula is C20H40O8P2S2Si. The fourth-order valence-corrected chi connectivity index (χ4v) is 8.57. The second kappa shape index (κ2) is 10.2. The number of hydrogen-bond donors (Lipinski definition) is 1. The Bertz CT molecular complexity index is 809. The molecule has 3 aliphatic rings. The van der Waals surface area contributed by atoms with E-state index >= 15 is 0 Å². The Morgan fingerprint density at radius 2 is 1.45 bits per heavy atom. The van der Waals surface area contributed by atoms with Gasteiger partial charge in [0.2, 0.25) is 0 Å². The third-order valence-corrected chi connectivity index (χ3v) is 15.1. The van der Waals surface area contributed by atoms with Crippen LogP contribution >= 0.6 is 13.2 Å². The predicted molar refractivity (Wildman–Crippen MR) is 138 cm³/mol. The van der Waals surface area contributed by atoms with Gasteiger partial charge in [-0.3, -0.25) is 4.52 Å². The first kappa shape index (κ1) is 28.8. The van der Waals surface area contributed by atoms with Crippen molar-refractivity contribution in [2.75, 3.05) is 19.9 Å². The maximum atomic E-state index is 11.0. The van der Waals surface area contributed by atoms with Crippen LogP contribution in [-0.4, -0.2) is 75.8 Å². The lowest BCUT2D eigenvalue weighted by Gasteiger charge is -2.40. The zero-order valence-electron chi connectivity index (χ0n) is 21.0. The normalized spacial score (nSPS) is 47.9. The van der Waals surface area contributed by atoms with Crippen LogP contribution in [0.25, 0.3) is 0 Å². The second-order valence-corrected chi connectivity index (χ2v) is 22.5. The summed E-state index contributed by atoms with van der Waals surface area (Å²) in [7, 11) is -2.17. The Balaban J connectivity index is 1.88. The molecule has 3 fully saturated rings. The molecule has 3 rings (SSSR count). The highest BCUT2D eigenvalue weighted by Gasteiger charge is 2.52. The molecule has 0 saturated carbocycles. The van der Waals surface area contributed by atoms with E-state index < -0.39 is 45.9 Å². The molecule has 3 heterocycles. The van der Waals surface area contributed by atoms with Crippen molar-refractivity contribution >= 4 is 45.1 Å². The molecule has 0 aliphatic carbocycles. The van der Waals surface area contributed by atoms with E-state index in [9.17, 15) is 4.89 Å². The minimum Gasteiger partial charge on any atom is -0.409 e. The molecule has 4 unspecified atom stereocenters. The van der Waals surface area contributed by atoms with Gasteiger partial charge in [-0.25, -0.2) is 0 Å². The largest absolute Gasteiger partial charge is 0.409 e. The number of hydrogen-bond acceptors (Lipinski definition) is 9. The first-order valence-corrected chi connectivity index (χ1v) is 20.1. The van der Waals surface area contributed by atoms with E-state index in [4.69, 9.17) is 55.6 Å². The summed E-state index contributed by atoms with van der Waals surface area (Å²) in [4.78, 5) is 11.0. The standard InChI is InChI=1S/C20H40O8P2S2Si/c1-12-13(2)24-15-11-23-30(21,32)27-19-16(10-22-29(7,31)26-17(12)15)25-14(3)18(19)28-33(8,9)20(4,5)6/h12-19H,10-11H2,1-9H3,(H,21,32)/t12?,13-,14-,15+,16+,17+,18+,19?,29?,30?/m0/s1. The van der Waals surface area contributed by atoms with Gasteiger partial charge in [0.1, 0.15) is 24.4 Å². The first-order valence-electron chi connectivity index (χ1n) is 11.5. The van der Waals surface area contributed by atoms with E-state index in [1.54, 1.807) is 0 Å². The Kier molecular flexibility index (Phi) is 8.86. The molecule has 0 aromatic rings. The topological polar surface area (TPSA) is 84.8 Å². The second-order valence-electron chi connectivity index (χ2n) is 10.9. The van der Waals surface area contributed by atoms with Gasteiger partial charge in [-0.2, -0.15) is 0 Å². The lowest BCUT2D eigenvalue weighted by molar-refractivity contribution is -0.0337. The third kappa shape index (κ3) is 6.75. The Labute approximate surface area is 209 Å². The number of ether oxygens (including phenoxy) is 2. The number of rotatable bonds is 2. The summed E-state index contributed by atoms with van der Waals surface area (Å²) in [5, 5.41) is -0.0105. The third-order valence-electron chi connectivity index (χ3n) is 7.24. The molecule has 1 N–H and O–H groups in total. The van der Waals surface area contributed by atoms with Gasteiger partial charge in [0, 0.05) is 12.6 Å². The minimum atomic E-state index is -3.62. The van der Waals surface area contributed by atoms with Crippen molar-refractivity contribution in [2.24, 2.45) is 5.92 Å². The molecule has 8 nitrogen and oxygen atoms in total. The molecule has 0 aromatic carbocycles. The van der Waals surface area contributed by atoms with Gasteiger partial charge in [0.15, 0.2) is 14.8 Å². The zero-order valence-corrected chi connectivity index (χ0v) is 25.5. The van der Waals surface area contributed by atoms with Crippen molar-refractivity contribution in [1.29, 1.82) is 0 Å². The van der Waals surface area contributed by atoms with Gasteiger partial charge < -0.3 is 32.4 Å². The Morgan fingerprint density at radius 3 is 2.06 bits per heavy atom. The number of fused-ring (bicyclic) bond motifs is 2. The molecule has 0 spiro atoms. The average Bonchev–Trinajstić information content (AvgIpc) is 3.07. The minimum absolute atomic E-state index is 0.0105. The van der Waals surface area contributed by atoms with Crippen LogP contribution in [0.15, 0.2) is 0 Å². The predicted octanol–water partition coefficient (Wildman–Crippen LogP) is 4.56. The van der Waals surface area contributed by atoms with Crippen molar-refractivity contribution in [3.8, 4) is 0 Å². The summed E-state index contributed by atoms with van der Waals surface area (Å²) in [5.41, 5.74) is 0. The van der Waals surface area contributed by atoms with Gasteiger partial charge in [0.05, 0.1) is 31.5 Å². The van der Waals surface area contributed by atoms with Crippen LogP contribution in [0.2, 0.25) is 18.1 Å². The van der Waals surface area contributed by atoms with Gasteiger partial charge in [0.25, 0.3) is 0 Å². The smallest absolute Gasteiger partial charge is 0.325 e. The molecule has 0 amide bonds. The van der Waals surface area contributed by atoms with E-state index in [0.29, 0.717) is 0 Å². The molecule has 0 radical (unpaired) electrons. The monoisotopic (exact) mass is 562 g/mol. The summed E-state index contributed by atoms with van der Waals surface area (Å²) < 4.78 is 43.2. The van der Waals surface area contributed by atoms with Crippen LogP contribution in [0.1, 0.15) is 41.5 Å². The van der Waals surface area contributed by atoms with Gasteiger partial charge in [-0.1, -0.05) is 27.7 Å². The van der Waals surface area contributed by atoms with E-state index in [1.165, 1.54) is 0 Å². The van der Waals surface area contributed by atoms with Crippen molar-refractivity contribution in [3.05, 3.63) is 0 Å². The van der Waals surface area contributed by atoms with E-state index in [0.717, 1.165) is 0 Å². The summed E-state index contributed by atoms with van der Waals surface area (Å²) >= 11 is 11.1. The quantitative estimate of drug-likeness (QED) is 0.382. The lowest BCUT2D eigenvalue weighted by Crippen LogP contribution is -2.49. The van der Waals surface area contributed by atoms with Gasteiger partial charge in [-0.15, -0.1) is 0 Å². The van der Waals surface area contributed by atoms with E-state index in [-0.39, 0.29) is 42.5 Å². The van der Waals surface area contributed by atoms with Crippen molar-refractivity contribution in [2.45, 2.75) is 102 Å². The summed E-state index contributed by atoms with van der Waals surface area (Å²) in [6, 6.07) is 0. The maximum Gasteiger partial charge on any atom is 0.325 e. The van der Waals surface area contributed by atoms with Crippen LogP contribution in [-0.2, 0) is 55.6 Å². The SMILES string of the molecule is CC1[C@H](C)O[C@@H]2COP(O)(=S)OC3[C@@H](COP(C)(=S)O[C@H]12)O[C@@H](C)[C@H]3O[Si](C)(C)C(C)(C)C. The highest BCUT2D eigenvalue weighted by molar-refractivity contribution is 8.09. The molecule has 0 aromatic heterocycles.